The Morgan fingerprint density at radius 2 is 2.18 bits per heavy atom. The number of hydrogen-bond donors (Lipinski definition) is 1. The Balaban J connectivity index is 0. The Labute approximate surface area is 119 Å². The molecule has 0 saturated carbocycles. The van der Waals surface area contributed by atoms with Crippen molar-refractivity contribution in [1.29, 1.82) is 0 Å². The summed E-state index contributed by atoms with van der Waals surface area (Å²) in [5, 5.41) is 6.00. The molecule has 0 aromatic carbocycles. The van der Waals surface area contributed by atoms with E-state index in [1.807, 2.05) is 26.4 Å². The molecule has 17 heavy (non-hydrogen) atoms. The van der Waals surface area contributed by atoms with Gasteiger partial charge in [0.15, 0.2) is 0 Å². The molecule has 1 amide bonds. The normalized spacial score (nSPS) is 9.12. The third-order valence-electron chi connectivity index (χ3n) is 2.08. The first-order chi connectivity index (χ1) is 7.13. The van der Waals surface area contributed by atoms with Crippen molar-refractivity contribution in [1.82, 2.24) is 15.2 Å². The first-order valence-electron chi connectivity index (χ1n) is 4.93. The number of amides is 1. The molecule has 0 fully saturated rings. The van der Waals surface area contributed by atoms with Crippen LogP contribution in [0.5, 0.6) is 0 Å². The average molecular weight is 300 g/mol. The molecule has 0 saturated heterocycles. The van der Waals surface area contributed by atoms with Crippen molar-refractivity contribution in [2.75, 3.05) is 20.6 Å². The molecule has 1 N–H and O–H groups in total. The van der Waals surface area contributed by atoms with E-state index in [-0.39, 0.29) is 30.7 Å². The number of carbonyl (C=O) groups is 1. The molecule has 100 valence electrons. The van der Waals surface area contributed by atoms with Gasteiger partial charge in [0.05, 0.1) is 17.2 Å². The number of aryl methyl sites for hydroxylation is 1. The van der Waals surface area contributed by atoms with E-state index in [0.29, 0.717) is 13.0 Å². The number of nitrogens with one attached hydrogen (secondary N) is 1. The van der Waals surface area contributed by atoms with Crippen LogP contribution in [0.25, 0.3) is 0 Å². The van der Waals surface area contributed by atoms with Crippen LogP contribution in [0.3, 0.4) is 0 Å². The number of halogens is 2. The Kier molecular flexibility index (Phi) is 10.8. The molecule has 0 unspecified atom stereocenters. The molecule has 4 nitrogen and oxygen atoms in total. The second-order valence-corrected chi connectivity index (χ2v) is 4.52. The topological polar surface area (TPSA) is 45.2 Å². The van der Waals surface area contributed by atoms with Crippen molar-refractivity contribution in [3.63, 3.8) is 0 Å². The summed E-state index contributed by atoms with van der Waals surface area (Å²) in [6, 6.07) is 0. The fourth-order valence-corrected chi connectivity index (χ4v) is 1.84. The number of aromatic nitrogens is 1. The van der Waals surface area contributed by atoms with Gasteiger partial charge in [-0.05, 0) is 14.0 Å². The minimum Gasteiger partial charge on any atom is -0.340 e. The van der Waals surface area contributed by atoms with E-state index in [1.54, 1.807) is 16.2 Å². The van der Waals surface area contributed by atoms with E-state index < -0.39 is 0 Å². The van der Waals surface area contributed by atoms with Gasteiger partial charge < -0.3 is 10.2 Å². The number of carbonyl (C=O) groups excluding carboxylic acids is 1. The van der Waals surface area contributed by atoms with Crippen LogP contribution in [0.4, 0.5) is 0 Å². The van der Waals surface area contributed by atoms with Crippen molar-refractivity contribution in [3.05, 3.63) is 16.1 Å². The Hall–Kier alpha value is -0.360. The predicted molar refractivity (Wildman–Crippen MR) is 76.4 cm³/mol. The van der Waals surface area contributed by atoms with E-state index in [2.05, 4.69) is 10.3 Å². The van der Waals surface area contributed by atoms with E-state index >= 15 is 0 Å². The highest BCUT2D eigenvalue weighted by molar-refractivity contribution is 7.09. The summed E-state index contributed by atoms with van der Waals surface area (Å²) in [6.07, 6.45) is 0.538. The van der Waals surface area contributed by atoms with Gasteiger partial charge in [0, 0.05) is 25.4 Å². The van der Waals surface area contributed by atoms with Crippen LogP contribution in [-0.4, -0.2) is 36.4 Å². The zero-order valence-corrected chi connectivity index (χ0v) is 12.7. The molecule has 0 radical (unpaired) electrons. The third kappa shape index (κ3) is 6.83. The monoisotopic (exact) mass is 299 g/mol. The minimum absolute atomic E-state index is 0. The SMILES string of the molecule is CNCCC(=O)N(C)Cc1csc(C)n1.Cl.Cl. The Morgan fingerprint density at radius 3 is 2.65 bits per heavy atom. The van der Waals surface area contributed by atoms with Gasteiger partial charge in [-0.15, -0.1) is 36.2 Å². The van der Waals surface area contributed by atoms with Crippen LogP contribution in [0.15, 0.2) is 5.38 Å². The van der Waals surface area contributed by atoms with Gasteiger partial charge in [0.1, 0.15) is 0 Å². The van der Waals surface area contributed by atoms with Gasteiger partial charge in [-0.3, -0.25) is 4.79 Å². The molecule has 7 heteroatoms. The number of rotatable bonds is 5. The summed E-state index contributed by atoms with van der Waals surface area (Å²) < 4.78 is 0. The standard InChI is InChI=1S/C10H17N3OS.2ClH/c1-8-12-9(7-15-8)6-13(3)10(14)4-5-11-2;;/h7,11H,4-6H2,1-3H3;2*1H. The van der Waals surface area contributed by atoms with Crippen LogP contribution in [-0.2, 0) is 11.3 Å². The van der Waals surface area contributed by atoms with Gasteiger partial charge in [0.25, 0.3) is 0 Å². The van der Waals surface area contributed by atoms with Crippen LogP contribution in [0.2, 0.25) is 0 Å². The van der Waals surface area contributed by atoms with Gasteiger partial charge in [-0.25, -0.2) is 4.98 Å². The molecule has 0 spiro atoms. The van der Waals surface area contributed by atoms with Gasteiger partial charge in [0.2, 0.25) is 5.91 Å². The summed E-state index contributed by atoms with van der Waals surface area (Å²) in [7, 11) is 3.66. The summed E-state index contributed by atoms with van der Waals surface area (Å²) in [5.74, 6) is 0.148. The molecule has 0 aliphatic heterocycles. The fraction of sp³-hybridized carbons (Fsp3) is 0.600. The maximum atomic E-state index is 11.6. The molecular weight excluding hydrogens is 281 g/mol. The molecule has 0 bridgehead atoms. The van der Waals surface area contributed by atoms with Crippen LogP contribution in [0, 0.1) is 6.92 Å². The molecule has 1 aromatic heterocycles. The first kappa shape index (κ1) is 19.0. The first-order valence-corrected chi connectivity index (χ1v) is 5.81. The maximum absolute atomic E-state index is 11.6. The van der Waals surface area contributed by atoms with E-state index in [1.165, 1.54) is 0 Å². The predicted octanol–water partition coefficient (Wildman–Crippen LogP) is 1.86. The molecule has 1 rings (SSSR count). The third-order valence-corrected chi connectivity index (χ3v) is 2.90. The molecule has 0 aliphatic rings. The smallest absolute Gasteiger partial charge is 0.223 e. The van der Waals surface area contributed by atoms with Crippen LogP contribution < -0.4 is 5.32 Å². The Bertz CT molecular complexity index is 333. The molecule has 0 atom stereocenters. The lowest BCUT2D eigenvalue weighted by atomic mass is 10.3. The fourth-order valence-electron chi connectivity index (χ4n) is 1.23. The molecule has 1 aromatic rings. The van der Waals surface area contributed by atoms with Crippen molar-refractivity contribution in [2.24, 2.45) is 0 Å². The van der Waals surface area contributed by atoms with Gasteiger partial charge in [-0.2, -0.15) is 0 Å². The lowest BCUT2D eigenvalue weighted by molar-refractivity contribution is -0.130. The molecule has 0 aliphatic carbocycles. The van der Waals surface area contributed by atoms with Gasteiger partial charge in [-0.1, -0.05) is 0 Å². The highest BCUT2D eigenvalue weighted by Gasteiger charge is 2.09. The quantitative estimate of drug-likeness (QED) is 0.903. The second-order valence-electron chi connectivity index (χ2n) is 3.46. The number of hydrogen-bond acceptors (Lipinski definition) is 4. The summed E-state index contributed by atoms with van der Waals surface area (Å²) in [5.41, 5.74) is 0.970. The zero-order valence-electron chi connectivity index (χ0n) is 10.2. The second kappa shape index (κ2) is 9.65. The molecular formula is C10H19Cl2N3OS. The summed E-state index contributed by atoms with van der Waals surface area (Å²) >= 11 is 1.61. The lowest BCUT2D eigenvalue weighted by Gasteiger charge is -2.15. The van der Waals surface area contributed by atoms with Crippen molar-refractivity contribution >= 4 is 42.1 Å². The highest BCUT2D eigenvalue weighted by Crippen LogP contribution is 2.09. The lowest BCUT2D eigenvalue weighted by Crippen LogP contribution is -2.28. The largest absolute Gasteiger partial charge is 0.340 e. The van der Waals surface area contributed by atoms with Crippen molar-refractivity contribution in [3.8, 4) is 0 Å². The minimum atomic E-state index is 0. The summed E-state index contributed by atoms with van der Waals surface area (Å²) in [6.45, 7) is 3.29. The highest BCUT2D eigenvalue weighted by atomic mass is 35.5. The maximum Gasteiger partial charge on any atom is 0.223 e. The Morgan fingerprint density at radius 1 is 1.53 bits per heavy atom. The number of thiazole rings is 1. The van der Waals surface area contributed by atoms with Crippen molar-refractivity contribution in [2.45, 2.75) is 19.9 Å². The summed E-state index contributed by atoms with van der Waals surface area (Å²) in [4.78, 5) is 17.6. The van der Waals surface area contributed by atoms with Gasteiger partial charge >= 0.3 is 0 Å². The van der Waals surface area contributed by atoms with E-state index in [4.69, 9.17) is 0 Å². The van der Waals surface area contributed by atoms with E-state index in [9.17, 15) is 4.79 Å². The molecule has 1 heterocycles. The zero-order chi connectivity index (χ0) is 11.3. The average Bonchev–Trinajstić information content (AvgIpc) is 2.60. The number of nitrogens with zero attached hydrogens (tertiary/aromatic N) is 2. The van der Waals surface area contributed by atoms with Crippen LogP contribution >= 0.6 is 36.2 Å². The van der Waals surface area contributed by atoms with Crippen LogP contribution in [0.1, 0.15) is 17.1 Å². The van der Waals surface area contributed by atoms with E-state index in [0.717, 1.165) is 17.2 Å². The van der Waals surface area contributed by atoms with Crippen molar-refractivity contribution < 1.29 is 4.79 Å².